The molecule has 0 aromatic carbocycles. The summed E-state index contributed by atoms with van der Waals surface area (Å²) in [5.41, 5.74) is 0.842. The maximum Gasteiger partial charge on any atom is 0.354 e. The van der Waals surface area contributed by atoms with Crippen molar-refractivity contribution in [3.8, 4) is 0 Å². The van der Waals surface area contributed by atoms with Crippen molar-refractivity contribution in [2.45, 2.75) is 26.7 Å². The van der Waals surface area contributed by atoms with Crippen LogP contribution in [0.3, 0.4) is 0 Å². The van der Waals surface area contributed by atoms with Gasteiger partial charge in [0.05, 0.1) is 0 Å². The maximum atomic E-state index is 11.1. The lowest BCUT2D eigenvalue weighted by molar-refractivity contribution is 0.0687. The summed E-state index contributed by atoms with van der Waals surface area (Å²) in [5.74, 6) is -0.154. The molecule has 0 unspecified atom stereocenters. The van der Waals surface area contributed by atoms with Crippen molar-refractivity contribution in [3.05, 3.63) is 23.3 Å². The molecule has 2 heterocycles. The number of aromatic carboxylic acids is 1. The largest absolute Gasteiger partial charge is 0.477 e. The molecule has 0 radical (unpaired) electrons. The third kappa shape index (κ3) is 1.73. The van der Waals surface area contributed by atoms with Gasteiger partial charge in [-0.3, -0.25) is 0 Å². The zero-order valence-corrected chi connectivity index (χ0v) is 9.14. The predicted molar refractivity (Wildman–Crippen MR) is 56.5 cm³/mol. The second-order valence-corrected chi connectivity index (χ2v) is 3.56. The van der Waals surface area contributed by atoms with Crippen LogP contribution in [0.1, 0.15) is 35.4 Å². The summed E-state index contributed by atoms with van der Waals surface area (Å²) >= 11 is 0. The summed E-state index contributed by atoms with van der Waals surface area (Å²) in [7, 11) is 0. The maximum absolute atomic E-state index is 11.1. The van der Waals surface area contributed by atoms with Crippen LogP contribution in [-0.2, 0) is 6.42 Å². The number of carbonyl (C=O) groups is 1. The quantitative estimate of drug-likeness (QED) is 0.837. The number of hydrogen-bond acceptors (Lipinski definition) is 4. The van der Waals surface area contributed by atoms with E-state index in [-0.39, 0.29) is 5.69 Å². The number of nitrogens with zero attached hydrogens (tertiary/aromatic N) is 4. The van der Waals surface area contributed by atoms with E-state index in [0.29, 0.717) is 11.6 Å². The number of fused-ring (bicyclic) bond motifs is 1. The summed E-state index contributed by atoms with van der Waals surface area (Å²) in [6.07, 6.45) is 1.65. The van der Waals surface area contributed by atoms with Gasteiger partial charge in [-0.15, -0.1) is 5.10 Å². The first kappa shape index (κ1) is 10.5. The molecule has 0 aliphatic rings. The van der Waals surface area contributed by atoms with Crippen molar-refractivity contribution < 1.29 is 9.90 Å². The Balaban J connectivity index is 2.67. The fourth-order valence-corrected chi connectivity index (χ4v) is 1.55. The molecular formula is C10H12N4O2. The van der Waals surface area contributed by atoms with Gasteiger partial charge >= 0.3 is 5.97 Å². The van der Waals surface area contributed by atoms with Gasteiger partial charge in [0.25, 0.3) is 5.78 Å². The highest BCUT2D eigenvalue weighted by Crippen LogP contribution is 2.08. The van der Waals surface area contributed by atoms with Crippen LogP contribution >= 0.6 is 0 Å². The van der Waals surface area contributed by atoms with Gasteiger partial charge in [-0.1, -0.05) is 13.3 Å². The second kappa shape index (κ2) is 3.88. The van der Waals surface area contributed by atoms with E-state index in [1.54, 1.807) is 13.0 Å². The first-order chi connectivity index (χ1) is 7.61. The van der Waals surface area contributed by atoms with E-state index in [0.717, 1.165) is 18.5 Å². The van der Waals surface area contributed by atoms with Gasteiger partial charge in [0.15, 0.2) is 5.69 Å². The molecule has 0 saturated carbocycles. The highest BCUT2D eigenvalue weighted by molar-refractivity contribution is 5.86. The van der Waals surface area contributed by atoms with Crippen LogP contribution in [0.15, 0.2) is 6.07 Å². The Morgan fingerprint density at radius 2 is 2.25 bits per heavy atom. The molecule has 0 aliphatic heterocycles. The van der Waals surface area contributed by atoms with Crippen LogP contribution in [0.4, 0.5) is 0 Å². The molecule has 6 nitrogen and oxygen atoms in total. The Bertz CT molecular complexity index is 547. The van der Waals surface area contributed by atoms with Crippen molar-refractivity contribution in [2.75, 3.05) is 0 Å². The lowest BCUT2D eigenvalue weighted by atomic mass is 10.2. The van der Waals surface area contributed by atoms with Gasteiger partial charge < -0.3 is 5.11 Å². The molecular weight excluding hydrogens is 208 g/mol. The van der Waals surface area contributed by atoms with E-state index in [1.807, 2.05) is 6.92 Å². The van der Waals surface area contributed by atoms with Crippen molar-refractivity contribution >= 4 is 11.7 Å². The third-order valence-electron chi connectivity index (χ3n) is 2.20. The fourth-order valence-electron chi connectivity index (χ4n) is 1.55. The van der Waals surface area contributed by atoms with Crippen molar-refractivity contribution in [3.63, 3.8) is 0 Å². The minimum atomic E-state index is -1.02. The lowest BCUT2D eigenvalue weighted by Gasteiger charge is -2.02. The van der Waals surface area contributed by atoms with E-state index in [1.165, 1.54) is 4.52 Å². The molecule has 0 saturated heterocycles. The Labute approximate surface area is 92.0 Å². The zero-order valence-electron chi connectivity index (χ0n) is 9.14. The third-order valence-corrected chi connectivity index (χ3v) is 2.20. The molecule has 16 heavy (non-hydrogen) atoms. The van der Waals surface area contributed by atoms with E-state index in [2.05, 4.69) is 15.1 Å². The minimum absolute atomic E-state index is 0.106. The first-order valence-corrected chi connectivity index (χ1v) is 5.08. The Morgan fingerprint density at radius 1 is 1.50 bits per heavy atom. The van der Waals surface area contributed by atoms with Crippen LogP contribution in [-0.4, -0.2) is 30.7 Å². The molecule has 84 valence electrons. The summed E-state index contributed by atoms with van der Waals surface area (Å²) < 4.78 is 1.26. The van der Waals surface area contributed by atoms with Gasteiger partial charge in [0.2, 0.25) is 0 Å². The molecule has 0 bridgehead atoms. The minimum Gasteiger partial charge on any atom is -0.477 e. The fraction of sp³-hybridized carbons (Fsp3) is 0.400. The highest BCUT2D eigenvalue weighted by Gasteiger charge is 2.14. The molecule has 2 aromatic heterocycles. The summed E-state index contributed by atoms with van der Waals surface area (Å²) in [6.45, 7) is 3.72. The SMILES string of the molecule is CCCc1cc(C(=O)O)n2nc(C)nc2n1. The van der Waals surface area contributed by atoms with Crippen LogP contribution in [0.2, 0.25) is 0 Å². The van der Waals surface area contributed by atoms with Crippen LogP contribution < -0.4 is 0 Å². The highest BCUT2D eigenvalue weighted by atomic mass is 16.4. The first-order valence-electron chi connectivity index (χ1n) is 5.08. The number of aryl methyl sites for hydroxylation is 2. The van der Waals surface area contributed by atoms with Crippen molar-refractivity contribution in [1.29, 1.82) is 0 Å². The summed E-state index contributed by atoms with van der Waals surface area (Å²) in [4.78, 5) is 19.4. The van der Waals surface area contributed by atoms with E-state index < -0.39 is 5.97 Å². The average molecular weight is 220 g/mol. The Morgan fingerprint density at radius 3 is 2.88 bits per heavy atom. The molecule has 0 amide bonds. The van der Waals surface area contributed by atoms with Gasteiger partial charge in [-0.25, -0.2) is 9.78 Å². The van der Waals surface area contributed by atoms with Crippen LogP contribution in [0, 0.1) is 6.92 Å². The Hall–Kier alpha value is -1.98. The number of carboxylic acids is 1. The summed E-state index contributed by atoms with van der Waals surface area (Å²) in [5, 5.41) is 13.1. The second-order valence-electron chi connectivity index (χ2n) is 3.56. The topological polar surface area (TPSA) is 80.4 Å². The Kier molecular flexibility index (Phi) is 2.55. The number of carboxylic acid groups (broad SMARTS) is 1. The standard InChI is InChI=1S/C10H12N4O2/c1-3-4-7-5-8(9(15)16)14-10(12-7)11-6(2)13-14/h5H,3-4H2,1-2H3,(H,15,16). The molecule has 2 rings (SSSR count). The van der Waals surface area contributed by atoms with E-state index in [4.69, 9.17) is 5.11 Å². The molecule has 0 spiro atoms. The van der Waals surface area contributed by atoms with E-state index in [9.17, 15) is 4.79 Å². The zero-order chi connectivity index (χ0) is 11.7. The normalized spacial score (nSPS) is 10.9. The number of rotatable bonds is 3. The van der Waals surface area contributed by atoms with Gasteiger partial charge in [0.1, 0.15) is 5.82 Å². The van der Waals surface area contributed by atoms with E-state index >= 15 is 0 Å². The van der Waals surface area contributed by atoms with Crippen LogP contribution in [0.5, 0.6) is 0 Å². The van der Waals surface area contributed by atoms with Gasteiger partial charge in [-0.2, -0.15) is 9.50 Å². The molecule has 0 aliphatic carbocycles. The molecule has 1 N–H and O–H groups in total. The predicted octanol–water partition coefficient (Wildman–Crippen LogP) is 1.08. The molecule has 0 atom stereocenters. The molecule has 6 heteroatoms. The van der Waals surface area contributed by atoms with Crippen molar-refractivity contribution in [1.82, 2.24) is 19.6 Å². The average Bonchev–Trinajstić information content (AvgIpc) is 2.57. The smallest absolute Gasteiger partial charge is 0.354 e. The van der Waals surface area contributed by atoms with Gasteiger partial charge in [0, 0.05) is 5.69 Å². The summed E-state index contributed by atoms with van der Waals surface area (Å²) in [6, 6.07) is 1.55. The van der Waals surface area contributed by atoms with Crippen molar-refractivity contribution in [2.24, 2.45) is 0 Å². The monoisotopic (exact) mass is 220 g/mol. The van der Waals surface area contributed by atoms with Gasteiger partial charge in [-0.05, 0) is 19.4 Å². The van der Waals surface area contributed by atoms with Crippen LogP contribution in [0.25, 0.3) is 5.78 Å². The number of aromatic nitrogens is 4. The number of hydrogen-bond donors (Lipinski definition) is 1. The lowest BCUT2D eigenvalue weighted by Crippen LogP contribution is -2.09. The molecule has 2 aromatic rings. The molecule has 0 fully saturated rings.